The second-order valence-electron chi connectivity index (χ2n) is 7.01. The van der Waals surface area contributed by atoms with Crippen LogP contribution >= 0.6 is 0 Å². The number of hydrogen-bond donors (Lipinski definition) is 1. The van der Waals surface area contributed by atoms with Crippen molar-refractivity contribution in [2.75, 3.05) is 59.0 Å². The van der Waals surface area contributed by atoms with Gasteiger partial charge >= 0.3 is 0 Å². The maximum absolute atomic E-state index is 12.7. The number of benzene rings is 1. The van der Waals surface area contributed by atoms with Crippen molar-refractivity contribution in [1.29, 1.82) is 0 Å². The summed E-state index contributed by atoms with van der Waals surface area (Å²) in [5.41, 5.74) is 2.36. The minimum Gasteiger partial charge on any atom is -0.379 e. The summed E-state index contributed by atoms with van der Waals surface area (Å²) < 4.78 is 5.33. The first-order chi connectivity index (χ1) is 13.2. The Morgan fingerprint density at radius 3 is 2.56 bits per heavy atom. The monoisotopic (exact) mass is 371 g/mol. The zero-order chi connectivity index (χ0) is 18.6. The first-order valence-electron chi connectivity index (χ1n) is 9.51. The number of hydrogen-bond acceptors (Lipinski definition) is 5. The summed E-state index contributed by atoms with van der Waals surface area (Å²) in [5, 5.41) is 0. The van der Waals surface area contributed by atoms with E-state index in [1.54, 1.807) is 6.33 Å². The average Bonchev–Trinajstić information content (AvgIpc) is 3.20. The highest BCUT2D eigenvalue weighted by molar-refractivity contribution is 5.97. The van der Waals surface area contributed by atoms with E-state index in [0.717, 1.165) is 43.9 Å². The highest BCUT2D eigenvalue weighted by Gasteiger charge is 2.25. The van der Waals surface area contributed by atoms with E-state index in [9.17, 15) is 9.59 Å². The molecule has 0 radical (unpaired) electrons. The molecule has 0 unspecified atom stereocenters. The van der Waals surface area contributed by atoms with Crippen LogP contribution in [0.1, 0.15) is 16.8 Å². The molecule has 4 rings (SSSR count). The fraction of sp³-hybridized carbons (Fsp3) is 0.526. The Bertz CT molecular complexity index is 807. The van der Waals surface area contributed by atoms with E-state index in [1.807, 2.05) is 28.0 Å². The molecule has 0 spiro atoms. The summed E-state index contributed by atoms with van der Waals surface area (Å²) in [6.07, 6.45) is 2.16. The molecule has 2 aliphatic rings. The van der Waals surface area contributed by atoms with Crippen LogP contribution in [-0.4, -0.2) is 95.5 Å². The smallest absolute Gasteiger partial charge is 0.254 e. The largest absolute Gasteiger partial charge is 0.379 e. The van der Waals surface area contributed by atoms with Gasteiger partial charge in [-0.05, 0) is 18.2 Å². The van der Waals surface area contributed by atoms with Crippen molar-refractivity contribution in [3.63, 3.8) is 0 Å². The van der Waals surface area contributed by atoms with Crippen molar-refractivity contribution in [2.45, 2.75) is 6.42 Å². The van der Waals surface area contributed by atoms with Crippen LogP contribution in [0, 0.1) is 0 Å². The van der Waals surface area contributed by atoms with Gasteiger partial charge < -0.3 is 19.5 Å². The molecule has 0 aliphatic carbocycles. The number of morpholine rings is 1. The van der Waals surface area contributed by atoms with E-state index in [0.29, 0.717) is 38.2 Å². The van der Waals surface area contributed by atoms with Crippen molar-refractivity contribution >= 4 is 22.8 Å². The van der Waals surface area contributed by atoms with Crippen molar-refractivity contribution in [2.24, 2.45) is 0 Å². The predicted molar refractivity (Wildman–Crippen MR) is 100 cm³/mol. The lowest BCUT2D eigenvalue weighted by molar-refractivity contribution is -0.133. The number of carbonyl (C=O) groups is 2. The Labute approximate surface area is 158 Å². The van der Waals surface area contributed by atoms with Crippen LogP contribution in [0.3, 0.4) is 0 Å². The predicted octanol–water partition coefficient (Wildman–Crippen LogP) is 0.570. The summed E-state index contributed by atoms with van der Waals surface area (Å²) in [5.74, 6) is 0.180. The van der Waals surface area contributed by atoms with Gasteiger partial charge in [0.15, 0.2) is 0 Å². The van der Waals surface area contributed by atoms with E-state index in [1.165, 1.54) is 0 Å². The molecule has 8 heteroatoms. The molecule has 0 bridgehead atoms. The van der Waals surface area contributed by atoms with Gasteiger partial charge in [0.1, 0.15) is 0 Å². The van der Waals surface area contributed by atoms with E-state index >= 15 is 0 Å². The zero-order valence-corrected chi connectivity index (χ0v) is 15.4. The standard InChI is InChI=1S/C19H25N5O3/c25-18(3-4-22-9-11-27-12-10-22)23-5-7-24(8-6-23)19(26)15-1-2-16-17(13-15)21-14-20-16/h1-2,13-14H,3-12H2,(H,20,21). The van der Waals surface area contributed by atoms with Crippen LogP contribution in [0.2, 0.25) is 0 Å². The first kappa shape index (κ1) is 17.9. The van der Waals surface area contributed by atoms with Crippen LogP contribution in [0.25, 0.3) is 11.0 Å². The van der Waals surface area contributed by atoms with Crippen LogP contribution in [-0.2, 0) is 9.53 Å². The molecule has 2 aromatic rings. The van der Waals surface area contributed by atoms with Crippen LogP contribution in [0.4, 0.5) is 0 Å². The van der Waals surface area contributed by atoms with Crippen molar-refractivity contribution in [3.8, 4) is 0 Å². The Hall–Kier alpha value is -2.45. The van der Waals surface area contributed by atoms with Crippen LogP contribution < -0.4 is 0 Å². The first-order valence-corrected chi connectivity index (χ1v) is 9.51. The number of nitrogens with zero attached hydrogens (tertiary/aromatic N) is 4. The number of carbonyl (C=O) groups excluding carboxylic acids is 2. The zero-order valence-electron chi connectivity index (χ0n) is 15.4. The molecule has 2 aliphatic heterocycles. The molecule has 2 amide bonds. The van der Waals surface area contributed by atoms with Gasteiger partial charge in [-0.25, -0.2) is 4.98 Å². The van der Waals surface area contributed by atoms with Gasteiger partial charge in [-0.2, -0.15) is 0 Å². The lowest BCUT2D eigenvalue weighted by Crippen LogP contribution is -2.51. The number of nitrogens with one attached hydrogen (secondary N) is 1. The molecule has 1 aromatic carbocycles. The van der Waals surface area contributed by atoms with Gasteiger partial charge in [0.05, 0.1) is 30.6 Å². The molecule has 0 atom stereocenters. The summed E-state index contributed by atoms with van der Waals surface area (Å²) in [6.45, 7) is 6.42. The molecular formula is C19H25N5O3. The van der Waals surface area contributed by atoms with Gasteiger partial charge in [-0.3, -0.25) is 14.5 Å². The van der Waals surface area contributed by atoms with E-state index in [-0.39, 0.29) is 11.8 Å². The number of fused-ring (bicyclic) bond motifs is 1. The fourth-order valence-electron chi connectivity index (χ4n) is 3.65. The molecular weight excluding hydrogens is 346 g/mol. The highest BCUT2D eigenvalue weighted by Crippen LogP contribution is 2.15. The van der Waals surface area contributed by atoms with Gasteiger partial charge in [-0.15, -0.1) is 0 Å². The number of ether oxygens (including phenoxy) is 1. The van der Waals surface area contributed by atoms with Crippen LogP contribution in [0.15, 0.2) is 24.5 Å². The summed E-state index contributed by atoms with van der Waals surface area (Å²) >= 11 is 0. The summed E-state index contributed by atoms with van der Waals surface area (Å²) in [6, 6.07) is 5.50. The molecule has 144 valence electrons. The molecule has 0 saturated carbocycles. The quantitative estimate of drug-likeness (QED) is 0.850. The van der Waals surface area contributed by atoms with Gasteiger partial charge in [0.25, 0.3) is 5.91 Å². The van der Waals surface area contributed by atoms with Gasteiger partial charge in [0, 0.05) is 57.8 Å². The number of aromatic amines is 1. The maximum atomic E-state index is 12.7. The lowest BCUT2D eigenvalue weighted by Gasteiger charge is -2.35. The highest BCUT2D eigenvalue weighted by atomic mass is 16.5. The Morgan fingerprint density at radius 2 is 1.78 bits per heavy atom. The van der Waals surface area contributed by atoms with E-state index in [2.05, 4.69) is 14.9 Å². The summed E-state index contributed by atoms with van der Waals surface area (Å²) in [4.78, 5) is 38.4. The fourth-order valence-corrected chi connectivity index (χ4v) is 3.65. The third kappa shape index (κ3) is 4.12. The third-order valence-corrected chi connectivity index (χ3v) is 5.33. The van der Waals surface area contributed by atoms with Gasteiger partial charge in [0.2, 0.25) is 5.91 Å². The minimum atomic E-state index is 0.00640. The number of rotatable bonds is 4. The van der Waals surface area contributed by atoms with E-state index < -0.39 is 0 Å². The molecule has 8 nitrogen and oxygen atoms in total. The molecule has 1 aromatic heterocycles. The molecule has 2 fully saturated rings. The van der Waals surface area contributed by atoms with Crippen molar-refractivity contribution in [3.05, 3.63) is 30.1 Å². The second-order valence-corrected chi connectivity index (χ2v) is 7.01. The number of H-pyrrole nitrogens is 1. The minimum absolute atomic E-state index is 0.00640. The topological polar surface area (TPSA) is 81.8 Å². The lowest BCUT2D eigenvalue weighted by atomic mass is 10.1. The Kier molecular flexibility index (Phi) is 5.35. The van der Waals surface area contributed by atoms with Crippen molar-refractivity contribution < 1.29 is 14.3 Å². The number of piperazine rings is 1. The summed E-state index contributed by atoms with van der Waals surface area (Å²) in [7, 11) is 0. The van der Waals surface area contributed by atoms with Crippen LogP contribution in [0.5, 0.6) is 0 Å². The average molecular weight is 371 g/mol. The second kappa shape index (κ2) is 8.06. The molecule has 2 saturated heterocycles. The number of imidazole rings is 1. The normalized spacial score (nSPS) is 18.8. The number of amides is 2. The van der Waals surface area contributed by atoms with Crippen molar-refractivity contribution in [1.82, 2.24) is 24.7 Å². The Balaban J connectivity index is 1.27. The maximum Gasteiger partial charge on any atom is 0.254 e. The molecule has 3 heterocycles. The third-order valence-electron chi connectivity index (χ3n) is 5.33. The Morgan fingerprint density at radius 1 is 1.04 bits per heavy atom. The molecule has 27 heavy (non-hydrogen) atoms. The van der Waals surface area contributed by atoms with E-state index in [4.69, 9.17) is 4.74 Å². The number of aromatic nitrogens is 2. The molecule has 1 N–H and O–H groups in total. The van der Waals surface area contributed by atoms with Gasteiger partial charge in [-0.1, -0.05) is 0 Å². The SMILES string of the molecule is O=C(CCN1CCOCC1)N1CCN(C(=O)c2ccc3nc[nH]c3c2)CC1.